The Morgan fingerprint density at radius 3 is 2.29 bits per heavy atom. The number of hydrogen-bond acceptors (Lipinski definition) is 3. The van der Waals surface area contributed by atoms with E-state index in [1.54, 1.807) is 7.11 Å². The van der Waals surface area contributed by atoms with E-state index in [1.165, 1.54) is 6.08 Å². The van der Waals surface area contributed by atoms with Crippen molar-refractivity contribution in [3.8, 4) is 28.4 Å². The standard InChI is InChI=1S/C26H19ClO4/c1-30-22-12-14-24-19(16-22)7-13-23(18-5-8-20(27)9-6-18)26(24)31-21-10-2-17(3-11-21)4-15-25(28)29/h2-16H,1H3,(H,28,29). The molecule has 31 heavy (non-hydrogen) atoms. The highest BCUT2D eigenvalue weighted by molar-refractivity contribution is 6.30. The number of carboxylic acid groups (broad SMARTS) is 1. The third-order valence-corrected chi connectivity index (χ3v) is 5.10. The number of carbonyl (C=O) groups is 1. The molecule has 0 amide bonds. The number of aliphatic carboxylic acids is 1. The Kier molecular flexibility index (Phi) is 5.92. The third kappa shape index (κ3) is 4.71. The molecule has 1 N–H and O–H groups in total. The Morgan fingerprint density at radius 1 is 0.903 bits per heavy atom. The summed E-state index contributed by atoms with van der Waals surface area (Å²) in [5.74, 6) is 1.15. The topological polar surface area (TPSA) is 55.8 Å². The number of benzene rings is 4. The lowest BCUT2D eigenvalue weighted by Gasteiger charge is -2.15. The van der Waals surface area contributed by atoms with E-state index in [2.05, 4.69) is 0 Å². The van der Waals surface area contributed by atoms with Crippen LogP contribution in [0.3, 0.4) is 0 Å². The van der Waals surface area contributed by atoms with Gasteiger partial charge in [0.05, 0.1) is 7.11 Å². The Bertz CT molecular complexity index is 1260. The fraction of sp³-hybridized carbons (Fsp3) is 0.0385. The number of rotatable bonds is 6. The number of hydrogen-bond donors (Lipinski definition) is 1. The molecule has 4 aromatic carbocycles. The molecule has 5 heteroatoms. The summed E-state index contributed by atoms with van der Waals surface area (Å²) >= 11 is 6.07. The van der Waals surface area contributed by atoms with Gasteiger partial charge in [0.1, 0.15) is 17.2 Å². The van der Waals surface area contributed by atoms with Crippen LogP contribution in [-0.4, -0.2) is 18.2 Å². The Hall–Kier alpha value is -3.76. The van der Waals surface area contributed by atoms with Crippen molar-refractivity contribution in [1.82, 2.24) is 0 Å². The van der Waals surface area contributed by atoms with Crippen LogP contribution in [0, 0.1) is 0 Å². The number of fused-ring (bicyclic) bond motifs is 1. The van der Waals surface area contributed by atoms with Crippen LogP contribution >= 0.6 is 11.6 Å². The monoisotopic (exact) mass is 430 g/mol. The lowest BCUT2D eigenvalue weighted by atomic mass is 9.99. The van der Waals surface area contributed by atoms with Gasteiger partial charge in [0.15, 0.2) is 0 Å². The van der Waals surface area contributed by atoms with Crippen molar-refractivity contribution in [3.63, 3.8) is 0 Å². The van der Waals surface area contributed by atoms with E-state index in [-0.39, 0.29) is 0 Å². The average molecular weight is 431 g/mol. The second kappa shape index (κ2) is 8.94. The fourth-order valence-corrected chi connectivity index (χ4v) is 3.43. The zero-order chi connectivity index (χ0) is 21.8. The van der Waals surface area contributed by atoms with E-state index in [0.29, 0.717) is 10.8 Å². The van der Waals surface area contributed by atoms with Gasteiger partial charge in [0.25, 0.3) is 0 Å². The zero-order valence-corrected chi connectivity index (χ0v) is 17.5. The minimum Gasteiger partial charge on any atom is -0.497 e. The minimum atomic E-state index is -0.987. The van der Waals surface area contributed by atoms with Crippen LogP contribution in [0.5, 0.6) is 17.2 Å². The summed E-state index contributed by atoms with van der Waals surface area (Å²) in [7, 11) is 1.64. The maximum absolute atomic E-state index is 10.7. The largest absolute Gasteiger partial charge is 0.497 e. The first-order valence-corrected chi connectivity index (χ1v) is 9.97. The normalized spacial score (nSPS) is 11.0. The van der Waals surface area contributed by atoms with Gasteiger partial charge in [-0.15, -0.1) is 0 Å². The molecule has 4 rings (SSSR count). The summed E-state index contributed by atoms with van der Waals surface area (Å²) in [5.41, 5.74) is 2.69. The summed E-state index contributed by atoms with van der Waals surface area (Å²) in [6.45, 7) is 0. The van der Waals surface area contributed by atoms with Crippen LogP contribution in [0.15, 0.2) is 84.9 Å². The molecule has 0 fully saturated rings. The molecule has 0 aromatic heterocycles. The van der Waals surface area contributed by atoms with Gasteiger partial charge in [-0.25, -0.2) is 4.79 Å². The molecular formula is C26H19ClO4. The van der Waals surface area contributed by atoms with Gasteiger partial charge in [-0.1, -0.05) is 41.9 Å². The molecule has 0 heterocycles. The van der Waals surface area contributed by atoms with Crippen LogP contribution in [0.1, 0.15) is 5.56 Å². The molecule has 4 nitrogen and oxygen atoms in total. The van der Waals surface area contributed by atoms with Crippen molar-refractivity contribution < 1.29 is 19.4 Å². The molecule has 0 radical (unpaired) electrons. The maximum Gasteiger partial charge on any atom is 0.328 e. The molecule has 0 saturated carbocycles. The smallest absolute Gasteiger partial charge is 0.328 e. The molecule has 0 saturated heterocycles. The molecule has 154 valence electrons. The van der Waals surface area contributed by atoms with Crippen LogP contribution in [0.4, 0.5) is 0 Å². The molecule has 0 aliphatic rings. The Labute approximate surface area is 184 Å². The summed E-state index contributed by atoms with van der Waals surface area (Å²) in [5, 5.41) is 11.4. The van der Waals surface area contributed by atoms with E-state index in [0.717, 1.165) is 45.0 Å². The molecule has 0 unspecified atom stereocenters. The van der Waals surface area contributed by atoms with Gasteiger partial charge in [0, 0.05) is 22.0 Å². The highest BCUT2D eigenvalue weighted by Crippen LogP contribution is 2.40. The minimum absolute atomic E-state index is 0.644. The van der Waals surface area contributed by atoms with Crippen molar-refractivity contribution >= 4 is 34.4 Å². The predicted octanol–water partition coefficient (Wildman–Crippen LogP) is 7.06. The van der Waals surface area contributed by atoms with Crippen LogP contribution < -0.4 is 9.47 Å². The number of carboxylic acids is 1. The lowest BCUT2D eigenvalue weighted by Crippen LogP contribution is -1.92. The highest BCUT2D eigenvalue weighted by Gasteiger charge is 2.13. The van der Waals surface area contributed by atoms with Gasteiger partial charge in [0.2, 0.25) is 0 Å². The van der Waals surface area contributed by atoms with Gasteiger partial charge in [-0.2, -0.15) is 0 Å². The van der Waals surface area contributed by atoms with Crippen molar-refractivity contribution in [2.24, 2.45) is 0 Å². The van der Waals surface area contributed by atoms with Gasteiger partial charge in [-0.05, 0) is 71.1 Å². The van der Waals surface area contributed by atoms with Crippen LogP contribution in [0.25, 0.3) is 28.0 Å². The van der Waals surface area contributed by atoms with Crippen molar-refractivity contribution in [3.05, 3.63) is 95.5 Å². The molecule has 0 atom stereocenters. The molecule has 0 bridgehead atoms. The van der Waals surface area contributed by atoms with E-state index in [1.807, 2.05) is 78.9 Å². The second-order valence-corrected chi connectivity index (χ2v) is 7.32. The Balaban J connectivity index is 1.79. The third-order valence-electron chi connectivity index (χ3n) is 4.85. The first-order valence-electron chi connectivity index (χ1n) is 9.59. The van der Waals surface area contributed by atoms with E-state index in [4.69, 9.17) is 26.2 Å². The lowest BCUT2D eigenvalue weighted by molar-refractivity contribution is -0.131. The number of halogens is 1. The maximum atomic E-state index is 10.7. The summed E-state index contributed by atoms with van der Waals surface area (Å²) in [6, 6.07) is 24.8. The zero-order valence-electron chi connectivity index (χ0n) is 16.7. The quantitative estimate of drug-likeness (QED) is 0.333. The van der Waals surface area contributed by atoms with Gasteiger partial charge < -0.3 is 14.6 Å². The average Bonchev–Trinajstić information content (AvgIpc) is 2.79. The summed E-state index contributed by atoms with van der Waals surface area (Å²) in [6.07, 6.45) is 2.64. The van der Waals surface area contributed by atoms with E-state index in [9.17, 15) is 4.79 Å². The van der Waals surface area contributed by atoms with Crippen molar-refractivity contribution in [2.45, 2.75) is 0 Å². The fourth-order valence-electron chi connectivity index (χ4n) is 3.31. The van der Waals surface area contributed by atoms with Gasteiger partial charge in [-0.3, -0.25) is 0 Å². The summed E-state index contributed by atoms with van der Waals surface area (Å²) < 4.78 is 11.7. The second-order valence-electron chi connectivity index (χ2n) is 6.88. The van der Waals surface area contributed by atoms with Crippen molar-refractivity contribution in [1.29, 1.82) is 0 Å². The summed E-state index contributed by atoms with van der Waals surface area (Å²) in [4.78, 5) is 10.7. The molecule has 0 spiro atoms. The van der Waals surface area contributed by atoms with E-state index >= 15 is 0 Å². The van der Waals surface area contributed by atoms with Crippen LogP contribution in [-0.2, 0) is 4.79 Å². The first kappa shape index (κ1) is 20.5. The SMILES string of the molecule is COc1ccc2c(Oc3ccc(C=CC(=O)O)cc3)c(-c3ccc(Cl)cc3)ccc2c1. The molecule has 0 aliphatic heterocycles. The molecule has 0 aliphatic carbocycles. The van der Waals surface area contributed by atoms with Crippen molar-refractivity contribution in [2.75, 3.05) is 7.11 Å². The first-order chi connectivity index (χ1) is 15.0. The highest BCUT2D eigenvalue weighted by atomic mass is 35.5. The van der Waals surface area contributed by atoms with E-state index < -0.39 is 5.97 Å². The Morgan fingerprint density at radius 2 is 1.61 bits per heavy atom. The predicted molar refractivity (Wildman–Crippen MR) is 124 cm³/mol. The van der Waals surface area contributed by atoms with Crippen LogP contribution in [0.2, 0.25) is 5.02 Å². The molecular weight excluding hydrogens is 412 g/mol. The number of ether oxygens (including phenoxy) is 2. The van der Waals surface area contributed by atoms with Gasteiger partial charge >= 0.3 is 5.97 Å². The molecule has 4 aromatic rings. The number of methoxy groups -OCH3 is 1.